The first-order valence-corrected chi connectivity index (χ1v) is 5.79. The SMILES string of the molecule is O=C1CCN(c2ccc(-c3ccccc3)nn2)N1. The van der Waals surface area contributed by atoms with Crippen molar-refractivity contribution in [3.8, 4) is 11.3 Å². The van der Waals surface area contributed by atoms with Crippen LogP contribution in [-0.4, -0.2) is 22.6 Å². The first-order valence-electron chi connectivity index (χ1n) is 5.79. The Labute approximate surface area is 104 Å². The molecule has 2 aromatic rings. The van der Waals surface area contributed by atoms with E-state index in [1.165, 1.54) is 0 Å². The number of amides is 1. The van der Waals surface area contributed by atoms with Crippen LogP contribution in [0.5, 0.6) is 0 Å². The molecule has 1 aromatic carbocycles. The number of nitrogens with one attached hydrogen (secondary N) is 1. The predicted molar refractivity (Wildman–Crippen MR) is 67.6 cm³/mol. The standard InChI is InChI=1S/C13H12N4O/c18-13-8-9-17(16-13)12-7-6-11(14-15-12)10-4-2-1-3-5-10/h1-7H,8-9H2,(H,16,18). The molecule has 0 saturated carbocycles. The molecule has 0 unspecified atom stereocenters. The van der Waals surface area contributed by atoms with E-state index in [1.807, 2.05) is 42.5 Å². The van der Waals surface area contributed by atoms with Crippen LogP contribution in [0.2, 0.25) is 0 Å². The van der Waals surface area contributed by atoms with Gasteiger partial charge >= 0.3 is 0 Å². The third-order valence-corrected chi connectivity index (χ3v) is 2.82. The summed E-state index contributed by atoms with van der Waals surface area (Å²) in [6.45, 7) is 0.637. The lowest BCUT2D eigenvalue weighted by Gasteiger charge is -2.15. The Morgan fingerprint density at radius 1 is 1.06 bits per heavy atom. The molecule has 18 heavy (non-hydrogen) atoms. The van der Waals surface area contributed by atoms with Gasteiger partial charge in [-0.3, -0.25) is 15.2 Å². The van der Waals surface area contributed by atoms with Crippen LogP contribution in [0, 0.1) is 0 Å². The summed E-state index contributed by atoms with van der Waals surface area (Å²) in [5, 5.41) is 10.0. The fraction of sp³-hybridized carbons (Fsp3) is 0.154. The van der Waals surface area contributed by atoms with E-state index >= 15 is 0 Å². The zero-order valence-electron chi connectivity index (χ0n) is 9.71. The highest BCUT2D eigenvalue weighted by atomic mass is 16.2. The van der Waals surface area contributed by atoms with E-state index in [4.69, 9.17) is 0 Å². The number of benzene rings is 1. The molecule has 1 aliphatic heterocycles. The number of aromatic nitrogens is 2. The number of rotatable bonds is 2. The number of hydrogen-bond acceptors (Lipinski definition) is 4. The van der Waals surface area contributed by atoms with Crippen LogP contribution in [0.15, 0.2) is 42.5 Å². The maximum atomic E-state index is 11.1. The summed E-state index contributed by atoms with van der Waals surface area (Å²) < 4.78 is 0. The van der Waals surface area contributed by atoms with Crippen molar-refractivity contribution in [2.45, 2.75) is 6.42 Å². The van der Waals surface area contributed by atoms with Gasteiger partial charge in [0.2, 0.25) is 5.91 Å². The Balaban J connectivity index is 1.83. The summed E-state index contributed by atoms with van der Waals surface area (Å²) in [6, 6.07) is 13.6. The molecule has 0 spiro atoms. The minimum Gasteiger partial charge on any atom is -0.273 e. The molecule has 3 rings (SSSR count). The van der Waals surface area contributed by atoms with E-state index in [9.17, 15) is 4.79 Å². The molecule has 0 radical (unpaired) electrons. The molecule has 1 saturated heterocycles. The Bertz CT molecular complexity index is 553. The quantitative estimate of drug-likeness (QED) is 0.861. The molecular weight excluding hydrogens is 228 g/mol. The Kier molecular flexibility index (Phi) is 2.64. The van der Waals surface area contributed by atoms with Crippen LogP contribution in [0.25, 0.3) is 11.3 Å². The van der Waals surface area contributed by atoms with Crippen molar-refractivity contribution in [2.24, 2.45) is 0 Å². The molecule has 0 atom stereocenters. The molecule has 0 aliphatic carbocycles. The molecule has 1 aromatic heterocycles. The van der Waals surface area contributed by atoms with Gasteiger partial charge in [0.25, 0.3) is 0 Å². The van der Waals surface area contributed by atoms with Gasteiger partial charge in [0, 0.05) is 12.0 Å². The zero-order valence-corrected chi connectivity index (χ0v) is 9.71. The smallest absolute Gasteiger partial charge is 0.240 e. The number of carbonyl (C=O) groups excluding carboxylic acids is 1. The van der Waals surface area contributed by atoms with Crippen molar-refractivity contribution in [1.29, 1.82) is 0 Å². The molecule has 2 heterocycles. The van der Waals surface area contributed by atoms with Crippen LogP contribution in [0.4, 0.5) is 5.82 Å². The fourth-order valence-electron chi connectivity index (χ4n) is 1.88. The lowest BCUT2D eigenvalue weighted by molar-refractivity contribution is -0.119. The number of nitrogens with zero attached hydrogens (tertiary/aromatic N) is 3. The summed E-state index contributed by atoms with van der Waals surface area (Å²) in [6.07, 6.45) is 0.502. The molecule has 1 aliphatic rings. The lowest BCUT2D eigenvalue weighted by atomic mass is 10.1. The maximum absolute atomic E-state index is 11.1. The van der Waals surface area contributed by atoms with E-state index in [-0.39, 0.29) is 5.91 Å². The topological polar surface area (TPSA) is 58.1 Å². The number of hydrazine groups is 1. The molecule has 0 bridgehead atoms. The van der Waals surface area contributed by atoms with Gasteiger partial charge in [0.1, 0.15) is 0 Å². The monoisotopic (exact) mass is 240 g/mol. The average Bonchev–Trinajstić information content (AvgIpc) is 2.87. The van der Waals surface area contributed by atoms with Crippen LogP contribution in [0.3, 0.4) is 0 Å². The van der Waals surface area contributed by atoms with Crippen molar-refractivity contribution in [3.63, 3.8) is 0 Å². The molecule has 5 heteroatoms. The molecule has 90 valence electrons. The van der Waals surface area contributed by atoms with Gasteiger partial charge in [0.05, 0.1) is 12.2 Å². The largest absolute Gasteiger partial charge is 0.273 e. The number of anilines is 1. The first kappa shape index (κ1) is 10.7. The van der Waals surface area contributed by atoms with E-state index in [0.717, 1.165) is 11.3 Å². The van der Waals surface area contributed by atoms with Gasteiger partial charge in [0.15, 0.2) is 5.82 Å². The second-order valence-corrected chi connectivity index (χ2v) is 4.08. The van der Waals surface area contributed by atoms with Crippen molar-refractivity contribution in [1.82, 2.24) is 15.6 Å². The van der Waals surface area contributed by atoms with Crippen LogP contribution in [0.1, 0.15) is 6.42 Å². The highest BCUT2D eigenvalue weighted by Gasteiger charge is 2.19. The van der Waals surface area contributed by atoms with Gasteiger partial charge < -0.3 is 0 Å². The summed E-state index contributed by atoms with van der Waals surface area (Å²) >= 11 is 0. The van der Waals surface area contributed by atoms with Gasteiger partial charge in [-0.05, 0) is 12.1 Å². The van der Waals surface area contributed by atoms with Crippen molar-refractivity contribution >= 4 is 11.7 Å². The Hall–Kier alpha value is -2.43. The highest BCUT2D eigenvalue weighted by Crippen LogP contribution is 2.18. The van der Waals surface area contributed by atoms with Crippen LogP contribution in [-0.2, 0) is 4.79 Å². The summed E-state index contributed by atoms with van der Waals surface area (Å²) in [7, 11) is 0. The summed E-state index contributed by atoms with van der Waals surface area (Å²) in [5.41, 5.74) is 4.57. The summed E-state index contributed by atoms with van der Waals surface area (Å²) in [4.78, 5) is 11.1. The molecule has 5 nitrogen and oxygen atoms in total. The van der Waals surface area contributed by atoms with Crippen molar-refractivity contribution in [3.05, 3.63) is 42.5 Å². The molecular formula is C13H12N4O. The molecule has 1 fully saturated rings. The second kappa shape index (κ2) is 4.44. The fourth-order valence-corrected chi connectivity index (χ4v) is 1.88. The van der Waals surface area contributed by atoms with Crippen molar-refractivity contribution < 1.29 is 4.79 Å². The number of carbonyl (C=O) groups is 1. The Morgan fingerprint density at radius 2 is 1.89 bits per heavy atom. The minimum absolute atomic E-state index is 0.0175. The van der Waals surface area contributed by atoms with Crippen molar-refractivity contribution in [2.75, 3.05) is 11.6 Å². The van der Waals surface area contributed by atoms with Crippen LogP contribution >= 0.6 is 0 Å². The van der Waals surface area contributed by atoms with Gasteiger partial charge in [-0.2, -0.15) is 0 Å². The van der Waals surface area contributed by atoms with E-state index in [2.05, 4.69) is 15.6 Å². The number of hydrogen-bond donors (Lipinski definition) is 1. The summed E-state index contributed by atoms with van der Waals surface area (Å²) in [5.74, 6) is 0.685. The first-order chi connectivity index (χ1) is 8.83. The third kappa shape index (κ3) is 2.02. The van der Waals surface area contributed by atoms with E-state index in [0.29, 0.717) is 18.8 Å². The van der Waals surface area contributed by atoms with Gasteiger partial charge in [-0.15, -0.1) is 10.2 Å². The predicted octanol–water partition coefficient (Wildman–Crippen LogP) is 1.38. The van der Waals surface area contributed by atoms with Crippen LogP contribution < -0.4 is 10.4 Å². The van der Waals surface area contributed by atoms with E-state index in [1.54, 1.807) is 5.01 Å². The second-order valence-electron chi connectivity index (χ2n) is 4.08. The average molecular weight is 240 g/mol. The maximum Gasteiger partial charge on any atom is 0.240 e. The molecule has 1 amide bonds. The van der Waals surface area contributed by atoms with E-state index < -0.39 is 0 Å². The highest BCUT2D eigenvalue weighted by molar-refractivity contribution is 5.81. The van der Waals surface area contributed by atoms with Gasteiger partial charge in [-0.25, -0.2) is 0 Å². The molecule has 1 N–H and O–H groups in total. The Morgan fingerprint density at radius 3 is 2.50 bits per heavy atom. The zero-order chi connectivity index (χ0) is 12.4. The van der Waals surface area contributed by atoms with Gasteiger partial charge in [-0.1, -0.05) is 30.3 Å². The lowest BCUT2D eigenvalue weighted by Crippen LogP contribution is -2.33. The third-order valence-electron chi connectivity index (χ3n) is 2.82. The normalized spacial score (nSPS) is 14.7. The minimum atomic E-state index is 0.0175.